The Bertz CT molecular complexity index is 824. The van der Waals surface area contributed by atoms with Gasteiger partial charge in [0.1, 0.15) is 11.9 Å². The van der Waals surface area contributed by atoms with Crippen LogP contribution < -0.4 is 5.32 Å². The summed E-state index contributed by atoms with van der Waals surface area (Å²) in [7, 11) is 0. The van der Waals surface area contributed by atoms with Gasteiger partial charge in [0, 0.05) is 18.3 Å². The number of hydrogen-bond donors (Lipinski definition) is 1. The molecular formula is C23H29FN2O2S. The maximum atomic E-state index is 13.0. The molecule has 1 atom stereocenters. The van der Waals surface area contributed by atoms with Gasteiger partial charge < -0.3 is 10.2 Å². The van der Waals surface area contributed by atoms with Crippen LogP contribution in [-0.2, 0) is 21.9 Å². The van der Waals surface area contributed by atoms with Crippen LogP contribution in [0, 0.1) is 12.7 Å². The molecule has 2 rings (SSSR count). The fourth-order valence-electron chi connectivity index (χ4n) is 2.88. The smallest absolute Gasteiger partial charge is 0.242 e. The van der Waals surface area contributed by atoms with Crippen LogP contribution in [-0.4, -0.2) is 34.6 Å². The number of nitrogens with zero attached hydrogens (tertiary/aromatic N) is 1. The molecule has 0 heterocycles. The van der Waals surface area contributed by atoms with Crippen molar-refractivity contribution in [3.05, 3.63) is 71.0 Å². The second kappa shape index (κ2) is 11.0. The van der Waals surface area contributed by atoms with Crippen LogP contribution in [0.5, 0.6) is 0 Å². The fraction of sp³-hybridized carbons (Fsp3) is 0.391. The van der Waals surface area contributed by atoms with E-state index in [1.54, 1.807) is 24.0 Å². The third-order valence-electron chi connectivity index (χ3n) is 4.61. The number of carbonyl (C=O) groups excluding carboxylic acids is 2. The molecule has 0 radical (unpaired) electrons. The maximum Gasteiger partial charge on any atom is 0.242 e. The van der Waals surface area contributed by atoms with E-state index in [9.17, 15) is 14.0 Å². The third-order valence-corrected chi connectivity index (χ3v) is 5.60. The van der Waals surface area contributed by atoms with Crippen molar-refractivity contribution in [3.8, 4) is 0 Å². The molecule has 2 aromatic rings. The van der Waals surface area contributed by atoms with Gasteiger partial charge in [0.05, 0.1) is 5.75 Å². The summed E-state index contributed by atoms with van der Waals surface area (Å²) in [5.41, 5.74) is 3.06. The Hall–Kier alpha value is -2.34. The molecule has 0 aliphatic heterocycles. The Morgan fingerprint density at radius 1 is 1.07 bits per heavy atom. The molecular weight excluding hydrogens is 387 g/mol. The Labute approximate surface area is 176 Å². The summed E-state index contributed by atoms with van der Waals surface area (Å²) in [6.45, 7) is 7.95. The lowest BCUT2D eigenvalue weighted by Crippen LogP contribution is -2.49. The van der Waals surface area contributed by atoms with Crippen molar-refractivity contribution >= 4 is 23.6 Å². The Morgan fingerprint density at radius 2 is 1.72 bits per heavy atom. The molecule has 0 saturated carbocycles. The van der Waals surface area contributed by atoms with Crippen LogP contribution in [0.25, 0.3) is 0 Å². The number of halogens is 1. The highest BCUT2D eigenvalue weighted by atomic mass is 32.2. The first-order valence-electron chi connectivity index (χ1n) is 9.74. The van der Waals surface area contributed by atoms with Crippen molar-refractivity contribution in [3.63, 3.8) is 0 Å². The van der Waals surface area contributed by atoms with E-state index < -0.39 is 6.04 Å². The van der Waals surface area contributed by atoms with Gasteiger partial charge in [-0.05, 0) is 56.5 Å². The van der Waals surface area contributed by atoms with E-state index in [2.05, 4.69) is 5.32 Å². The molecule has 6 heteroatoms. The summed E-state index contributed by atoms with van der Waals surface area (Å²) in [6.07, 6.45) is 0. The van der Waals surface area contributed by atoms with E-state index in [4.69, 9.17) is 0 Å². The van der Waals surface area contributed by atoms with Gasteiger partial charge in [0.15, 0.2) is 0 Å². The Kier molecular flexibility index (Phi) is 8.70. The molecule has 2 aromatic carbocycles. The minimum Gasteiger partial charge on any atom is -0.352 e. The van der Waals surface area contributed by atoms with Gasteiger partial charge in [-0.2, -0.15) is 0 Å². The number of aryl methyl sites for hydroxylation is 1. The van der Waals surface area contributed by atoms with Crippen molar-refractivity contribution in [1.82, 2.24) is 10.2 Å². The zero-order chi connectivity index (χ0) is 21.4. The minimum absolute atomic E-state index is 0.00761. The quantitative estimate of drug-likeness (QED) is 0.663. The van der Waals surface area contributed by atoms with Crippen LogP contribution in [0.15, 0.2) is 48.5 Å². The predicted octanol–water partition coefficient (Wildman–Crippen LogP) is 4.31. The molecule has 29 heavy (non-hydrogen) atoms. The molecule has 0 aliphatic rings. The molecule has 0 fully saturated rings. The lowest BCUT2D eigenvalue weighted by atomic mass is 10.1. The topological polar surface area (TPSA) is 49.4 Å². The SMILES string of the molecule is Cc1ccccc1CN(C(=O)CSCc1ccc(F)cc1)[C@@H](C)C(=O)NC(C)C. The summed E-state index contributed by atoms with van der Waals surface area (Å²) in [5, 5.41) is 2.89. The van der Waals surface area contributed by atoms with E-state index in [0.29, 0.717) is 12.3 Å². The van der Waals surface area contributed by atoms with Gasteiger partial charge >= 0.3 is 0 Å². The zero-order valence-corrected chi connectivity index (χ0v) is 18.3. The predicted molar refractivity (Wildman–Crippen MR) is 117 cm³/mol. The standard InChI is InChI=1S/C23H29FN2O2S/c1-16(2)25-23(28)18(4)26(13-20-8-6-5-7-17(20)3)22(27)15-29-14-19-9-11-21(24)12-10-19/h5-12,16,18H,13-15H2,1-4H3,(H,25,28)/t18-/m0/s1. The second-order valence-corrected chi connectivity index (χ2v) is 8.39. The number of thioether (sulfide) groups is 1. The van der Waals surface area contributed by atoms with Crippen LogP contribution in [0.2, 0.25) is 0 Å². The largest absolute Gasteiger partial charge is 0.352 e. The Balaban J connectivity index is 2.07. The molecule has 1 N–H and O–H groups in total. The first-order chi connectivity index (χ1) is 13.8. The van der Waals surface area contributed by atoms with Crippen molar-refractivity contribution in [2.45, 2.75) is 52.1 Å². The summed E-state index contributed by atoms with van der Waals surface area (Å²) in [5.74, 6) is 0.334. The monoisotopic (exact) mass is 416 g/mol. The molecule has 0 unspecified atom stereocenters. The van der Waals surface area contributed by atoms with Gasteiger partial charge in [-0.25, -0.2) is 4.39 Å². The van der Waals surface area contributed by atoms with Gasteiger partial charge in [-0.15, -0.1) is 11.8 Å². The molecule has 0 aromatic heterocycles. The number of nitrogens with one attached hydrogen (secondary N) is 1. The summed E-state index contributed by atoms with van der Waals surface area (Å²) >= 11 is 1.46. The molecule has 0 spiro atoms. The zero-order valence-electron chi connectivity index (χ0n) is 17.4. The highest BCUT2D eigenvalue weighted by Gasteiger charge is 2.26. The van der Waals surface area contributed by atoms with E-state index in [-0.39, 0.29) is 29.4 Å². The first kappa shape index (κ1) is 22.9. The average molecular weight is 417 g/mol. The molecule has 0 saturated heterocycles. The van der Waals surface area contributed by atoms with E-state index in [1.807, 2.05) is 45.0 Å². The molecule has 4 nitrogen and oxygen atoms in total. The normalized spacial score (nSPS) is 11.9. The average Bonchev–Trinajstić information content (AvgIpc) is 2.67. The van der Waals surface area contributed by atoms with Gasteiger partial charge in [-0.3, -0.25) is 9.59 Å². The van der Waals surface area contributed by atoms with Crippen LogP contribution in [0.4, 0.5) is 4.39 Å². The molecule has 2 amide bonds. The van der Waals surface area contributed by atoms with Gasteiger partial charge in [-0.1, -0.05) is 36.4 Å². The van der Waals surface area contributed by atoms with Crippen molar-refractivity contribution in [2.24, 2.45) is 0 Å². The van der Waals surface area contributed by atoms with Crippen molar-refractivity contribution < 1.29 is 14.0 Å². The number of rotatable bonds is 9. The number of hydrogen-bond acceptors (Lipinski definition) is 3. The lowest BCUT2D eigenvalue weighted by Gasteiger charge is -2.30. The number of amides is 2. The Morgan fingerprint density at radius 3 is 2.34 bits per heavy atom. The highest BCUT2D eigenvalue weighted by molar-refractivity contribution is 7.99. The maximum absolute atomic E-state index is 13.0. The van der Waals surface area contributed by atoms with Crippen molar-refractivity contribution in [1.29, 1.82) is 0 Å². The molecule has 0 bridgehead atoms. The van der Waals surface area contributed by atoms with E-state index >= 15 is 0 Å². The minimum atomic E-state index is -0.573. The van der Waals surface area contributed by atoms with Gasteiger partial charge in [0.2, 0.25) is 11.8 Å². The molecule has 156 valence electrons. The van der Waals surface area contributed by atoms with Crippen molar-refractivity contribution in [2.75, 3.05) is 5.75 Å². The van der Waals surface area contributed by atoms with Gasteiger partial charge in [0.25, 0.3) is 0 Å². The summed E-state index contributed by atoms with van der Waals surface area (Å²) in [6, 6.07) is 13.6. The highest BCUT2D eigenvalue weighted by Crippen LogP contribution is 2.18. The number of carbonyl (C=O) groups is 2. The van der Waals surface area contributed by atoms with Crippen LogP contribution >= 0.6 is 11.8 Å². The van der Waals surface area contributed by atoms with Crippen LogP contribution in [0.1, 0.15) is 37.5 Å². The lowest BCUT2D eigenvalue weighted by molar-refractivity contribution is -0.138. The van der Waals surface area contributed by atoms with Crippen LogP contribution in [0.3, 0.4) is 0 Å². The summed E-state index contributed by atoms with van der Waals surface area (Å²) in [4.78, 5) is 27.2. The fourth-order valence-corrected chi connectivity index (χ4v) is 3.75. The summed E-state index contributed by atoms with van der Waals surface area (Å²) < 4.78 is 13.0. The number of benzene rings is 2. The second-order valence-electron chi connectivity index (χ2n) is 7.41. The van der Waals surface area contributed by atoms with E-state index in [0.717, 1.165) is 16.7 Å². The third kappa shape index (κ3) is 7.20. The first-order valence-corrected chi connectivity index (χ1v) is 10.9. The van der Waals surface area contributed by atoms with E-state index in [1.165, 1.54) is 23.9 Å². The molecule has 0 aliphatic carbocycles.